The van der Waals surface area contributed by atoms with Crippen molar-refractivity contribution in [2.45, 2.75) is 32.2 Å². The van der Waals surface area contributed by atoms with Gasteiger partial charge in [-0.3, -0.25) is 4.79 Å². The summed E-state index contributed by atoms with van der Waals surface area (Å²) >= 11 is 12.2. The van der Waals surface area contributed by atoms with E-state index in [1.807, 2.05) is 15.9 Å². The second kappa shape index (κ2) is 9.27. The van der Waals surface area contributed by atoms with Crippen LogP contribution >= 0.6 is 23.2 Å². The smallest absolute Gasteiger partial charge is 0.319 e. The van der Waals surface area contributed by atoms with Crippen molar-refractivity contribution < 1.29 is 9.59 Å². The first-order chi connectivity index (χ1) is 14.5. The molecule has 0 unspecified atom stereocenters. The maximum atomic E-state index is 12.8. The molecule has 0 spiro atoms. The molecular weight excluding hydrogens is 425 g/mol. The molecule has 2 fully saturated rings. The topological polar surface area (TPSA) is 70.5 Å². The summed E-state index contributed by atoms with van der Waals surface area (Å²) in [5.74, 6) is 0.476. The van der Waals surface area contributed by atoms with Crippen LogP contribution in [0.2, 0.25) is 10.0 Å². The van der Waals surface area contributed by atoms with Crippen LogP contribution in [0.5, 0.6) is 0 Å². The van der Waals surface area contributed by atoms with E-state index in [1.165, 1.54) is 0 Å². The van der Waals surface area contributed by atoms with E-state index in [-0.39, 0.29) is 17.9 Å². The van der Waals surface area contributed by atoms with Crippen LogP contribution in [0.1, 0.15) is 31.2 Å². The Kier molecular flexibility index (Phi) is 6.49. The lowest BCUT2D eigenvalue weighted by Crippen LogP contribution is -2.47. The molecule has 0 atom stereocenters. The van der Waals surface area contributed by atoms with E-state index < -0.39 is 0 Å². The Morgan fingerprint density at radius 1 is 1.03 bits per heavy atom. The van der Waals surface area contributed by atoms with Crippen LogP contribution in [0, 0.1) is 5.92 Å². The van der Waals surface area contributed by atoms with Gasteiger partial charge in [0.05, 0.1) is 12.7 Å². The maximum absolute atomic E-state index is 12.8. The van der Waals surface area contributed by atoms with Gasteiger partial charge in [-0.05, 0) is 43.4 Å². The van der Waals surface area contributed by atoms with Crippen molar-refractivity contribution >= 4 is 41.0 Å². The van der Waals surface area contributed by atoms with Gasteiger partial charge in [-0.15, -0.1) is 0 Å². The molecule has 160 valence electrons. The number of aromatic nitrogens is 2. The second-order valence-corrected chi connectivity index (χ2v) is 8.68. The molecule has 7 nitrogen and oxygen atoms in total. The molecule has 1 aromatic heterocycles. The van der Waals surface area contributed by atoms with Gasteiger partial charge >= 0.3 is 6.03 Å². The van der Waals surface area contributed by atoms with Gasteiger partial charge in [0, 0.05) is 48.2 Å². The molecule has 1 aromatic carbocycles. The highest BCUT2D eigenvalue weighted by Gasteiger charge is 2.30. The Labute approximate surface area is 185 Å². The summed E-state index contributed by atoms with van der Waals surface area (Å²) in [6, 6.07) is 7.21. The largest absolute Gasteiger partial charge is 0.325 e. The Bertz CT molecular complexity index is 918. The number of rotatable bonds is 4. The summed E-state index contributed by atoms with van der Waals surface area (Å²) in [5.41, 5.74) is 0.869. The number of benzene rings is 1. The normalized spacial score (nSPS) is 17.4. The number of piperidine rings is 1. The van der Waals surface area contributed by atoms with E-state index in [9.17, 15) is 9.59 Å². The van der Waals surface area contributed by atoms with Gasteiger partial charge in [-0.2, -0.15) is 5.10 Å². The third-order valence-electron chi connectivity index (χ3n) is 5.82. The van der Waals surface area contributed by atoms with Crippen LogP contribution in [-0.4, -0.2) is 57.7 Å². The lowest BCUT2D eigenvalue weighted by atomic mass is 9.96. The predicted octanol–water partition coefficient (Wildman–Crippen LogP) is 4.10. The zero-order valence-corrected chi connectivity index (χ0v) is 18.2. The number of urea groups is 1. The Morgan fingerprint density at radius 3 is 2.43 bits per heavy atom. The number of carbonyl (C=O) groups excluding carboxylic acids is 2. The zero-order chi connectivity index (χ0) is 21.1. The minimum atomic E-state index is -0.116. The summed E-state index contributed by atoms with van der Waals surface area (Å²) < 4.78 is 1.71. The lowest BCUT2D eigenvalue weighted by molar-refractivity contribution is -0.121. The Hall–Kier alpha value is -2.25. The van der Waals surface area contributed by atoms with Crippen LogP contribution < -0.4 is 5.32 Å². The number of likely N-dealkylation sites (tertiary alicyclic amines) is 2. The molecule has 1 N–H and O–H groups in total. The zero-order valence-electron chi connectivity index (χ0n) is 16.7. The van der Waals surface area contributed by atoms with E-state index in [2.05, 4.69) is 10.4 Å². The van der Waals surface area contributed by atoms with E-state index in [1.54, 1.807) is 29.1 Å². The average molecular weight is 450 g/mol. The molecule has 3 amide bonds. The number of anilines is 1. The summed E-state index contributed by atoms with van der Waals surface area (Å²) in [6.07, 6.45) is 5.15. The van der Waals surface area contributed by atoms with Crippen molar-refractivity contribution in [3.63, 3.8) is 0 Å². The number of halogens is 2. The average Bonchev–Trinajstić information content (AvgIpc) is 3.42. The first-order valence-electron chi connectivity index (χ1n) is 10.3. The third-order valence-corrected chi connectivity index (χ3v) is 6.40. The molecule has 3 heterocycles. The maximum Gasteiger partial charge on any atom is 0.319 e. The Balaban J connectivity index is 1.33. The van der Waals surface area contributed by atoms with Crippen LogP contribution in [0.25, 0.3) is 0 Å². The van der Waals surface area contributed by atoms with Crippen LogP contribution in [-0.2, 0) is 11.3 Å². The van der Waals surface area contributed by atoms with Crippen molar-refractivity contribution in [1.82, 2.24) is 19.6 Å². The number of amides is 3. The molecule has 0 bridgehead atoms. The van der Waals surface area contributed by atoms with Crippen LogP contribution in [0.15, 0.2) is 30.5 Å². The predicted molar refractivity (Wildman–Crippen MR) is 117 cm³/mol. The quantitative estimate of drug-likeness (QED) is 0.763. The third kappa shape index (κ3) is 4.73. The van der Waals surface area contributed by atoms with Crippen molar-refractivity contribution in [2.24, 2.45) is 5.92 Å². The molecule has 9 heteroatoms. The highest BCUT2D eigenvalue weighted by Crippen LogP contribution is 2.24. The molecule has 0 aliphatic carbocycles. The molecule has 0 radical (unpaired) electrons. The van der Waals surface area contributed by atoms with Gasteiger partial charge in [0.2, 0.25) is 5.91 Å². The van der Waals surface area contributed by atoms with Crippen molar-refractivity contribution in [3.05, 3.63) is 46.1 Å². The summed E-state index contributed by atoms with van der Waals surface area (Å²) in [4.78, 5) is 29.1. The van der Waals surface area contributed by atoms with E-state index in [0.717, 1.165) is 31.5 Å². The van der Waals surface area contributed by atoms with Crippen LogP contribution in [0.4, 0.5) is 10.6 Å². The fourth-order valence-corrected chi connectivity index (χ4v) is 4.51. The van der Waals surface area contributed by atoms with E-state index >= 15 is 0 Å². The van der Waals surface area contributed by atoms with Crippen molar-refractivity contribution in [2.75, 3.05) is 31.5 Å². The first-order valence-corrected chi connectivity index (χ1v) is 11.1. The molecule has 30 heavy (non-hydrogen) atoms. The van der Waals surface area contributed by atoms with Gasteiger partial charge in [0.1, 0.15) is 5.82 Å². The molecule has 4 rings (SSSR count). The summed E-state index contributed by atoms with van der Waals surface area (Å²) in [5, 5.41) is 8.43. The van der Waals surface area contributed by atoms with E-state index in [4.69, 9.17) is 23.2 Å². The SMILES string of the molecule is O=C(Nc1ccnn1Cc1ccc(Cl)cc1Cl)C1CCN(C(=O)N2CCCC2)CC1. The van der Waals surface area contributed by atoms with Crippen molar-refractivity contribution in [3.8, 4) is 0 Å². The minimum absolute atomic E-state index is 0.0350. The van der Waals surface area contributed by atoms with Gasteiger partial charge in [0.25, 0.3) is 0 Å². The van der Waals surface area contributed by atoms with Crippen molar-refractivity contribution in [1.29, 1.82) is 0 Å². The number of nitrogens with one attached hydrogen (secondary N) is 1. The highest BCUT2D eigenvalue weighted by atomic mass is 35.5. The lowest BCUT2D eigenvalue weighted by Gasteiger charge is -2.34. The number of hydrogen-bond donors (Lipinski definition) is 1. The fourth-order valence-electron chi connectivity index (χ4n) is 4.05. The first kappa shape index (κ1) is 21.0. The molecule has 2 aliphatic heterocycles. The molecule has 2 aromatic rings. The van der Waals surface area contributed by atoms with Crippen LogP contribution in [0.3, 0.4) is 0 Å². The second-order valence-electron chi connectivity index (χ2n) is 7.84. The highest BCUT2D eigenvalue weighted by molar-refractivity contribution is 6.35. The van der Waals surface area contributed by atoms with Gasteiger partial charge in [-0.25, -0.2) is 9.48 Å². The standard InChI is InChI=1S/C21H25Cl2N5O2/c22-17-4-3-16(18(23)13-17)14-28-19(5-8-24-28)25-20(29)15-6-11-27(12-7-15)21(30)26-9-1-2-10-26/h3-5,8,13,15H,1-2,6-7,9-12,14H2,(H,25,29). The molecular formula is C21H25Cl2N5O2. The van der Waals surface area contributed by atoms with Gasteiger partial charge < -0.3 is 15.1 Å². The summed E-state index contributed by atoms with van der Waals surface area (Å²) in [6.45, 7) is 3.36. The molecule has 0 saturated carbocycles. The molecule has 2 saturated heterocycles. The Morgan fingerprint density at radius 2 is 1.73 bits per heavy atom. The minimum Gasteiger partial charge on any atom is -0.325 e. The molecule has 2 aliphatic rings. The van der Waals surface area contributed by atoms with E-state index in [0.29, 0.717) is 48.3 Å². The fraction of sp³-hybridized carbons (Fsp3) is 0.476. The summed E-state index contributed by atoms with van der Waals surface area (Å²) in [7, 11) is 0. The number of hydrogen-bond acceptors (Lipinski definition) is 3. The number of carbonyl (C=O) groups is 2. The van der Waals surface area contributed by atoms with Gasteiger partial charge in [-0.1, -0.05) is 29.3 Å². The number of nitrogens with zero attached hydrogens (tertiary/aromatic N) is 4. The van der Waals surface area contributed by atoms with Gasteiger partial charge in [0.15, 0.2) is 0 Å². The monoisotopic (exact) mass is 449 g/mol.